The topological polar surface area (TPSA) is 67.5 Å². The molecule has 4 nitrogen and oxygen atoms in total. The van der Waals surface area contributed by atoms with Gasteiger partial charge in [-0.15, -0.1) is 0 Å². The van der Waals surface area contributed by atoms with Crippen LogP contribution in [0.3, 0.4) is 0 Å². The molecule has 2 aromatic rings. The van der Waals surface area contributed by atoms with Gasteiger partial charge in [-0.3, -0.25) is 0 Å². The van der Waals surface area contributed by atoms with E-state index in [0.717, 1.165) is 25.0 Å². The van der Waals surface area contributed by atoms with Crippen molar-refractivity contribution in [3.63, 3.8) is 0 Å². The van der Waals surface area contributed by atoms with Crippen LogP contribution in [0.25, 0.3) is 10.8 Å². The fraction of sp³-hybridized carbons (Fsp3) is 0.294. The molecule has 21 heavy (non-hydrogen) atoms. The zero-order valence-electron chi connectivity index (χ0n) is 11.9. The summed E-state index contributed by atoms with van der Waals surface area (Å²) in [5, 5.41) is 6.69. The fourth-order valence-electron chi connectivity index (χ4n) is 3.04. The average Bonchev–Trinajstić information content (AvgIpc) is 2.52. The molecule has 0 heterocycles. The number of nitrogens with one attached hydrogen (secondary N) is 1. The average molecular weight is 281 g/mol. The van der Waals surface area contributed by atoms with E-state index in [9.17, 15) is 4.79 Å². The van der Waals surface area contributed by atoms with Crippen LogP contribution in [0.5, 0.6) is 0 Å². The molecule has 3 rings (SSSR count). The summed E-state index contributed by atoms with van der Waals surface area (Å²) >= 11 is 0. The number of hydrogen-bond donors (Lipinski definition) is 2. The van der Waals surface area contributed by atoms with Gasteiger partial charge in [0.15, 0.2) is 0 Å². The van der Waals surface area contributed by atoms with Crippen molar-refractivity contribution in [1.29, 1.82) is 0 Å². The molecular weight excluding hydrogens is 262 g/mol. The Morgan fingerprint density at radius 3 is 2.76 bits per heavy atom. The number of urea groups is 1. The Balaban J connectivity index is 1.94. The van der Waals surface area contributed by atoms with Gasteiger partial charge in [-0.25, -0.2) is 10.2 Å². The van der Waals surface area contributed by atoms with Crippen LogP contribution in [-0.4, -0.2) is 11.7 Å². The van der Waals surface area contributed by atoms with E-state index in [1.165, 1.54) is 22.8 Å². The van der Waals surface area contributed by atoms with E-state index >= 15 is 0 Å². The summed E-state index contributed by atoms with van der Waals surface area (Å²) in [7, 11) is 0. The standard InChI is InChI=1S/C17H19N3O/c18-17(21)20-19-16-8-4-3-7-15(16)14-10-9-12-5-1-2-6-13(12)11-14/h1-2,5-6,9-11,15H,3-4,7-8H2,(H3,18,20,21). The van der Waals surface area contributed by atoms with Crippen LogP contribution in [0, 0.1) is 0 Å². The molecule has 0 saturated heterocycles. The van der Waals surface area contributed by atoms with E-state index in [1.807, 2.05) is 6.07 Å². The SMILES string of the molecule is NC(=O)NN=C1CCCCC1c1ccc2ccccc2c1. The van der Waals surface area contributed by atoms with Crippen LogP contribution >= 0.6 is 0 Å². The number of nitrogens with zero attached hydrogens (tertiary/aromatic N) is 1. The number of rotatable bonds is 2. The van der Waals surface area contributed by atoms with Crippen LogP contribution in [0.2, 0.25) is 0 Å². The lowest BCUT2D eigenvalue weighted by molar-refractivity contribution is 0.249. The van der Waals surface area contributed by atoms with Gasteiger partial charge in [0.2, 0.25) is 0 Å². The van der Waals surface area contributed by atoms with E-state index in [-0.39, 0.29) is 5.92 Å². The minimum atomic E-state index is -0.606. The molecular formula is C17H19N3O. The van der Waals surface area contributed by atoms with Crippen molar-refractivity contribution in [2.24, 2.45) is 10.8 Å². The van der Waals surface area contributed by atoms with Crippen LogP contribution in [0.4, 0.5) is 4.79 Å². The van der Waals surface area contributed by atoms with Gasteiger partial charge >= 0.3 is 6.03 Å². The van der Waals surface area contributed by atoms with Gasteiger partial charge < -0.3 is 5.73 Å². The molecule has 2 aromatic carbocycles. The number of benzene rings is 2. The highest BCUT2D eigenvalue weighted by atomic mass is 16.2. The molecule has 1 unspecified atom stereocenters. The third kappa shape index (κ3) is 3.05. The Labute approximate surface area is 124 Å². The molecule has 0 aromatic heterocycles. The third-order valence-electron chi connectivity index (χ3n) is 4.06. The minimum absolute atomic E-state index is 0.273. The number of primary amides is 1. The molecule has 1 saturated carbocycles. The minimum Gasteiger partial charge on any atom is -0.350 e. The summed E-state index contributed by atoms with van der Waals surface area (Å²) in [6.45, 7) is 0. The second-order valence-corrected chi connectivity index (χ2v) is 5.48. The molecule has 0 spiro atoms. The van der Waals surface area contributed by atoms with Crippen molar-refractivity contribution in [2.75, 3.05) is 0 Å². The Bertz CT molecular complexity index is 693. The lowest BCUT2D eigenvalue weighted by Gasteiger charge is -2.24. The van der Waals surface area contributed by atoms with Gasteiger partial charge in [-0.2, -0.15) is 5.10 Å². The quantitative estimate of drug-likeness (QED) is 0.812. The van der Waals surface area contributed by atoms with Crippen molar-refractivity contribution in [3.8, 4) is 0 Å². The predicted molar refractivity (Wildman–Crippen MR) is 85.3 cm³/mol. The number of hydrogen-bond acceptors (Lipinski definition) is 2. The summed E-state index contributed by atoms with van der Waals surface area (Å²) in [4.78, 5) is 10.9. The van der Waals surface area contributed by atoms with Crippen LogP contribution in [-0.2, 0) is 0 Å². The van der Waals surface area contributed by atoms with Crippen molar-refractivity contribution >= 4 is 22.5 Å². The smallest absolute Gasteiger partial charge is 0.332 e. The second kappa shape index (κ2) is 5.95. The summed E-state index contributed by atoms with van der Waals surface area (Å²) < 4.78 is 0. The van der Waals surface area contributed by atoms with Crippen molar-refractivity contribution in [3.05, 3.63) is 48.0 Å². The Morgan fingerprint density at radius 1 is 1.14 bits per heavy atom. The van der Waals surface area contributed by atoms with Crippen LogP contribution < -0.4 is 11.2 Å². The predicted octanol–water partition coefficient (Wildman–Crippen LogP) is 3.52. The van der Waals surface area contributed by atoms with Gasteiger partial charge in [-0.1, -0.05) is 48.9 Å². The molecule has 3 N–H and O–H groups in total. The van der Waals surface area contributed by atoms with Gasteiger partial charge in [0.05, 0.1) is 0 Å². The summed E-state index contributed by atoms with van der Waals surface area (Å²) in [6.07, 6.45) is 4.28. The largest absolute Gasteiger partial charge is 0.350 e. The molecule has 1 aliphatic carbocycles. The number of hydrazone groups is 1. The molecule has 2 amide bonds. The second-order valence-electron chi connectivity index (χ2n) is 5.48. The fourth-order valence-corrected chi connectivity index (χ4v) is 3.04. The zero-order valence-corrected chi connectivity index (χ0v) is 11.9. The zero-order chi connectivity index (χ0) is 14.7. The Morgan fingerprint density at radius 2 is 1.95 bits per heavy atom. The molecule has 1 fully saturated rings. The lowest BCUT2D eigenvalue weighted by Crippen LogP contribution is -2.28. The Kier molecular flexibility index (Phi) is 3.86. The number of amides is 2. The highest BCUT2D eigenvalue weighted by Gasteiger charge is 2.22. The Hall–Kier alpha value is -2.36. The van der Waals surface area contributed by atoms with Crippen molar-refractivity contribution in [1.82, 2.24) is 5.43 Å². The maximum atomic E-state index is 10.9. The first-order chi connectivity index (χ1) is 10.2. The van der Waals surface area contributed by atoms with Crippen LogP contribution in [0.15, 0.2) is 47.6 Å². The molecule has 1 atom stereocenters. The van der Waals surface area contributed by atoms with E-state index in [2.05, 4.69) is 46.9 Å². The monoisotopic (exact) mass is 281 g/mol. The number of nitrogens with two attached hydrogens (primary N) is 1. The first kappa shape index (κ1) is 13.6. The first-order valence-corrected chi connectivity index (χ1v) is 7.34. The maximum Gasteiger partial charge on any atom is 0.332 e. The van der Waals surface area contributed by atoms with Gasteiger partial charge in [-0.05, 0) is 35.6 Å². The van der Waals surface area contributed by atoms with Gasteiger partial charge in [0, 0.05) is 11.6 Å². The van der Waals surface area contributed by atoms with E-state index in [1.54, 1.807) is 0 Å². The van der Waals surface area contributed by atoms with E-state index < -0.39 is 6.03 Å². The maximum absolute atomic E-state index is 10.9. The molecule has 0 radical (unpaired) electrons. The lowest BCUT2D eigenvalue weighted by atomic mass is 9.82. The van der Waals surface area contributed by atoms with Crippen LogP contribution in [0.1, 0.15) is 37.2 Å². The van der Waals surface area contributed by atoms with Gasteiger partial charge in [0.1, 0.15) is 0 Å². The highest BCUT2D eigenvalue weighted by molar-refractivity contribution is 5.93. The summed E-state index contributed by atoms with van der Waals surface area (Å²) in [5.74, 6) is 0.273. The van der Waals surface area contributed by atoms with E-state index in [4.69, 9.17) is 5.73 Å². The van der Waals surface area contributed by atoms with Crippen molar-refractivity contribution in [2.45, 2.75) is 31.6 Å². The molecule has 4 heteroatoms. The number of carbonyl (C=O) groups excluding carboxylic acids is 1. The third-order valence-corrected chi connectivity index (χ3v) is 4.06. The highest BCUT2D eigenvalue weighted by Crippen LogP contribution is 2.32. The summed E-state index contributed by atoms with van der Waals surface area (Å²) in [5.41, 5.74) is 9.78. The molecule has 108 valence electrons. The molecule has 1 aliphatic rings. The summed E-state index contributed by atoms with van der Waals surface area (Å²) in [6, 6.07) is 14.3. The molecule has 0 aliphatic heterocycles. The number of fused-ring (bicyclic) bond motifs is 1. The van der Waals surface area contributed by atoms with Crippen molar-refractivity contribution < 1.29 is 4.79 Å². The normalized spacial score (nSPS) is 20.6. The first-order valence-electron chi connectivity index (χ1n) is 7.34. The number of carbonyl (C=O) groups is 1. The van der Waals surface area contributed by atoms with E-state index in [0.29, 0.717) is 0 Å². The van der Waals surface area contributed by atoms with Gasteiger partial charge in [0.25, 0.3) is 0 Å². The molecule has 0 bridgehead atoms.